The molecule has 3 aromatic carbocycles. The molecule has 1 heterocycles. The molecule has 1 aliphatic heterocycles. The molecule has 0 saturated carbocycles. The van der Waals surface area contributed by atoms with E-state index in [0.717, 1.165) is 22.7 Å². The second-order valence-corrected chi connectivity index (χ2v) is 13.1. The Labute approximate surface area is 235 Å². The van der Waals surface area contributed by atoms with Crippen LogP contribution in [0.1, 0.15) is 18.4 Å². The Hall–Kier alpha value is -3.61. The molecule has 40 heavy (non-hydrogen) atoms. The van der Waals surface area contributed by atoms with Crippen molar-refractivity contribution >= 4 is 31.6 Å². The molecule has 1 aliphatic rings. The summed E-state index contributed by atoms with van der Waals surface area (Å²) in [4.78, 5) is 13.1. The number of sulfonamides is 2. The van der Waals surface area contributed by atoms with Gasteiger partial charge in [-0.1, -0.05) is 23.8 Å². The number of carbonyl (C=O) groups excluding carboxylic acids is 1. The number of hydrogen-bond donors (Lipinski definition) is 1. The Morgan fingerprint density at radius 2 is 1.55 bits per heavy atom. The van der Waals surface area contributed by atoms with Crippen molar-refractivity contribution in [2.24, 2.45) is 0 Å². The molecule has 0 bridgehead atoms. The number of anilines is 1. The van der Waals surface area contributed by atoms with Gasteiger partial charge in [0.15, 0.2) is 0 Å². The summed E-state index contributed by atoms with van der Waals surface area (Å²) in [5.41, 5.74) is 1.20. The van der Waals surface area contributed by atoms with Crippen LogP contribution >= 0.6 is 0 Å². The number of rotatable bonds is 12. The lowest BCUT2D eigenvalue weighted by atomic mass is 10.2. The second-order valence-electron chi connectivity index (χ2n) is 9.31. The Balaban J connectivity index is 1.37. The molecule has 1 saturated heterocycles. The standard InChI is InChI=1S/C28H33N3O7S2/c1-22-8-12-27(13-9-22)40(35,36)31(23-6-5-7-25(20-23)37-2)21-28(32)29-16-19-38-24-10-14-26(15-11-24)39(33,34)30-17-3-4-18-30/h5-15,20H,3-4,16-19,21H2,1-2H3,(H,29,32). The van der Waals surface area contributed by atoms with Crippen molar-refractivity contribution in [2.45, 2.75) is 29.6 Å². The topological polar surface area (TPSA) is 122 Å². The van der Waals surface area contributed by atoms with Crippen LogP contribution in [0.2, 0.25) is 0 Å². The van der Waals surface area contributed by atoms with Gasteiger partial charge < -0.3 is 14.8 Å². The Kier molecular flexibility index (Phi) is 9.33. The van der Waals surface area contributed by atoms with Gasteiger partial charge in [0.25, 0.3) is 10.0 Å². The molecule has 0 radical (unpaired) electrons. The number of ether oxygens (including phenoxy) is 2. The lowest BCUT2D eigenvalue weighted by Crippen LogP contribution is -2.41. The zero-order chi connectivity index (χ0) is 28.8. The van der Waals surface area contributed by atoms with Gasteiger partial charge in [0.05, 0.1) is 29.1 Å². The summed E-state index contributed by atoms with van der Waals surface area (Å²) in [6, 6.07) is 19.0. The van der Waals surface area contributed by atoms with Crippen LogP contribution in [0.5, 0.6) is 11.5 Å². The molecular weight excluding hydrogens is 554 g/mol. The van der Waals surface area contributed by atoms with E-state index in [2.05, 4.69) is 5.32 Å². The third-order valence-corrected chi connectivity index (χ3v) is 10.2. The molecule has 1 fully saturated rings. The van der Waals surface area contributed by atoms with E-state index >= 15 is 0 Å². The minimum absolute atomic E-state index is 0.0623. The third-order valence-electron chi connectivity index (χ3n) is 6.46. The van der Waals surface area contributed by atoms with Gasteiger partial charge in [-0.05, 0) is 68.3 Å². The van der Waals surface area contributed by atoms with Gasteiger partial charge in [0, 0.05) is 19.2 Å². The molecule has 1 N–H and O–H groups in total. The summed E-state index contributed by atoms with van der Waals surface area (Å²) in [7, 11) is -6.08. The number of hydrogen-bond acceptors (Lipinski definition) is 7. The summed E-state index contributed by atoms with van der Waals surface area (Å²) >= 11 is 0. The molecule has 0 aliphatic carbocycles. The highest BCUT2D eigenvalue weighted by Gasteiger charge is 2.28. The first-order chi connectivity index (χ1) is 19.1. The summed E-state index contributed by atoms with van der Waals surface area (Å²) in [6.07, 6.45) is 1.72. The molecule has 1 amide bonds. The van der Waals surface area contributed by atoms with Crippen molar-refractivity contribution in [3.8, 4) is 11.5 Å². The first kappa shape index (κ1) is 29.4. The van der Waals surface area contributed by atoms with Crippen molar-refractivity contribution in [3.63, 3.8) is 0 Å². The maximum absolute atomic E-state index is 13.5. The van der Waals surface area contributed by atoms with Crippen molar-refractivity contribution in [2.75, 3.05) is 44.2 Å². The Morgan fingerprint density at radius 1 is 0.900 bits per heavy atom. The molecule has 0 aromatic heterocycles. The first-order valence-corrected chi connectivity index (χ1v) is 15.7. The number of nitrogens with one attached hydrogen (secondary N) is 1. The fourth-order valence-corrected chi connectivity index (χ4v) is 7.18. The molecule has 214 valence electrons. The molecular formula is C28H33N3O7S2. The minimum Gasteiger partial charge on any atom is -0.497 e. The molecule has 4 rings (SSSR count). The number of aryl methyl sites for hydroxylation is 1. The smallest absolute Gasteiger partial charge is 0.264 e. The fraction of sp³-hybridized carbons (Fsp3) is 0.321. The summed E-state index contributed by atoms with van der Waals surface area (Å²) in [6.45, 7) is 2.68. The molecule has 12 heteroatoms. The molecule has 10 nitrogen and oxygen atoms in total. The largest absolute Gasteiger partial charge is 0.497 e. The maximum atomic E-state index is 13.5. The number of benzene rings is 3. The second kappa shape index (κ2) is 12.7. The molecule has 0 spiro atoms. The molecule has 0 unspecified atom stereocenters. The number of methoxy groups -OCH3 is 1. The monoisotopic (exact) mass is 587 g/mol. The SMILES string of the molecule is COc1cccc(N(CC(=O)NCCOc2ccc(S(=O)(=O)N3CCCC3)cc2)S(=O)(=O)c2ccc(C)cc2)c1. The van der Waals surface area contributed by atoms with Crippen LogP contribution in [-0.2, 0) is 24.8 Å². The van der Waals surface area contributed by atoms with E-state index in [4.69, 9.17) is 9.47 Å². The highest BCUT2D eigenvalue weighted by atomic mass is 32.2. The van der Waals surface area contributed by atoms with Crippen LogP contribution in [0, 0.1) is 6.92 Å². The fourth-order valence-electron chi connectivity index (χ4n) is 4.25. The van der Waals surface area contributed by atoms with E-state index in [9.17, 15) is 21.6 Å². The van der Waals surface area contributed by atoms with E-state index < -0.39 is 32.5 Å². The number of nitrogens with zero attached hydrogens (tertiary/aromatic N) is 2. The zero-order valence-corrected chi connectivity index (χ0v) is 24.1. The predicted molar refractivity (Wildman–Crippen MR) is 152 cm³/mol. The minimum atomic E-state index is -4.05. The van der Waals surface area contributed by atoms with Gasteiger partial charge >= 0.3 is 0 Å². The lowest BCUT2D eigenvalue weighted by molar-refractivity contribution is -0.119. The summed E-state index contributed by atoms with van der Waals surface area (Å²) in [5.74, 6) is 0.387. The van der Waals surface area contributed by atoms with Gasteiger partial charge in [-0.3, -0.25) is 9.10 Å². The highest BCUT2D eigenvalue weighted by Crippen LogP contribution is 2.27. The van der Waals surface area contributed by atoms with Gasteiger partial charge in [-0.25, -0.2) is 16.8 Å². The Bertz CT molecular complexity index is 1520. The van der Waals surface area contributed by atoms with E-state index in [1.165, 1.54) is 35.7 Å². The summed E-state index contributed by atoms with van der Waals surface area (Å²) < 4.78 is 65.8. The van der Waals surface area contributed by atoms with Crippen LogP contribution in [0.3, 0.4) is 0 Å². The molecule has 0 atom stereocenters. The first-order valence-electron chi connectivity index (χ1n) is 12.8. The van der Waals surface area contributed by atoms with Gasteiger partial charge in [-0.2, -0.15) is 4.31 Å². The van der Waals surface area contributed by atoms with Crippen LogP contribution in [0.15, 0.2) is 82.6 Å². The van der Waals surface area contributed by atoms with Gasteiger partial charge in [0.2, 0.25) is 15.9 Å². The highest BCUT2D eigenvalue weighted by molar-refractivity contribution is 7.92. The van der Waals surface area contributed by atoms with E-state index in [1.54, 1.807) is 48.5 Å². The average molecular weight is 588 g/mol. The van der Waals surface area contributed by atoms with Crippen molar-refractivity contribution in [3.05, 3.63) is 78.4 Å². The normalized spacial score (nSPS) is 14.1. The average Bonchev–Trinajstić information content (AvgIpc) is 3.51. The zero-order valence-electron chi connectivity index (χ0n) is 22.4. The van der Waals surface area contributed by atoms with Crippen LogP contribution in [0.4, 0.5) is 5.69 Å². The summed E-state index contributed by atoms with van der Waals surface area (Å²) in [5, 5.41) is 2.68. The van der Waals surface area contributed by atoms with Gasteiger partial charge in [-0.15, -0.1) is 0 Å². The van der Waals surface area contributed by atoms with E-state index in [0.29, 0.717) is 24.6 Å². The van der Waals surface area contributed by atoms with E-state index in [1.807, 2.05) is 6.92 Å². The van der Waals surface area contributed by atoms with E-state index in [-0.39, 0.29) is 28.6 Å². The lowest BCUT2D eigenvalue weighted by Gasteiger charge is -2.24. The van der Waals surface area contributed by atoms with Crippen molar-refractivity contribution in [1.82, 2.24) is 9.62 Å². The van der Waals surface area contributed by atoms with Crippen LogP contribution in [-0.4, -0.2) is 66.9 Å². The molecule has 3 aromatic rings. The van der Waals surface area contributed by atoms with Gasteiger partial charge in [0.1, 0.15) is 24.7 Å². The third kappa shape index (κ3) is 6.93. The van der Waals surface area contributed by atoms with Crippen LogP contribution in [0.25, 0.3) is 0 Å². The number of amides is 1. The predicted octanol–water partition coefficient (Wildman–Crippen LogP) is 3.18. The van der Waals surface area contributed by atoms with Crippen molar-refractivity contribution < 1.29 is 31.1 Å². The quantitative estimate of drug-likeness (QED) is 0.323. The Morgan fingerprint density at radius 3 is 2.20 bits per heavy atom. The van der Waals surface area contributed by atoms with Crippen molar-refractivity contribution in [1.29, 1.82) is 0 Å². The van der Waals surface area contributed by atoms with Crippen LogP contribution < -0.4 is 19.1 Å². The maximum Gasteiger partial charge on any atom is 0.264 e. The number of carbonyl (C=O) groups is 1.